The highest BCUT2D eigenvalue weighted by Crippen LogP contribution is 2.31. The first-order chi connectivity index (χ1) is 9.65. The molecule has 110 valence electrons. The molecule has 0 bridgehead atoms. The normalized spacial score (nSPS) is 16.5. The molecule has 1 aromatic rings. The molecule has 1 aromatic carbocycles. The van der Waals surface area contributed by atoms with Crippen molar-refractivity contribution < 1.29 is 13.5 Å². The summed E-state index contributed by atoms with van der Waals surface area (Å²) in [5, 5.41) is 3.19. The minimum absolute atomic E-state index is 0.0617. The molecule has 2 nitrogen and oxygen atoms in total. The van der Waals surface area contributed by atoms with E-state index in [9.17, 15) is 8.78 Å². The van der Waals surface area contributed by atoms with Gasteiger partial charge >= 0.3 is 0 Å². The van der Waals surface area contributed by atoms with E-state index in [-0.39, 0.29) is 5.56 Å². The van der Waals surface area contributed by atoms with Gasteiger partial charge in [-0.1, -0.05) is 13.0 Å². The number of allylic oxidation sites excluding steroid dienone is 1. The molecule has 0 spiro atoms. The van der Waals surface area contributed by atoms with Gasteiger partial charge in [0.2, 0.25) is 0 Å². The molecule has 0 aromatic heterocycles. The van der Waals surface area contributed by atoms with E-state index in [0.29, 0.717) is 24.5 Å². The highest BCUT2D eigenvalue weighted by molar-refractivity contribution is 5.33. The number of aryl methyl sites for hydroxylation is 1. The number of hydrogen-bond acceptors (Lipinski definition) is 2. The van der Waals surface area contributed by atoms with Crippen molar-refractivity contribution in [2.75, 3.05) is 13.2 Å². The summed E-state index contributed by atoms with van der Waals surface area (Å²) in [6, 6.07) is 2.23. The minimum atomic E-state index is -0.546. The lowest BCUT2D eigenvalue weighted by Gasteiger charge is -2.26. The summed E-state index contributed by atoms with van der Waals surface area (Å²) in [6.45, 7) is 4.94. The van der Waals surface area contributed by atoms with Crippen molar-refractivity contribution in [1.29, 1.82) is 0 Å². The van der Waals surface area contributed by atoms with Crippen LogP contribution >= 0.6 is 0 Å². The smallest absolute Gasteiger partial charge is 0.134 e. The minimum Gasteiger partial charge on any atom is -0.496 e. The fourth-order valence-corrected chi connectivity index (χ4v) is 2.35. The van der Waals surface area contributed by atoms with Gasteiger partial charge in [0.05, 0.1) is 12.6 Å². The van der Waals surface area contributed by atoms with E-state index in [4.69, 9.17) is 4.74 Å². The molecule has 1 heterocycles. The molecule has 0 saturated carbocycles. The molecule has 0 radical (unpaired) electrons. The van der Waals surface area contributed by atoms with Crippen molar-refractivity contribution >= 4 is 0 Å². The van der Waals surface area contributed by atoms with Crippen LogP contribution in [-0.2, 0) is 4.74 Å². The maximum absolute atomic E-state index is 14.3. The zero-order chi connectivity index (χ0) is 14.5. The second kappa shape index (κ2) is 6.84. The van der Waals surface area contributed by atoms with Crippen LogP contribution in [0.25, 0.3) is 0 Å². The Balaban J connectivity index is 2.40. The van der Waals surface area contributed by atoms with E-state index in [1.165, 1.54) is 12.1 Å². The van der Waals surface area contributed by atoms with Crippen LogP contribution in [0.3, 0.4) is 0 Å². The average Bonchev–Trinajstić information content (AvgIpc) is 2.47. The molecule has 1 unspecified atom stereocenters. The quantitative estimate of drug-likeness (QED) is 0.880. The van der Waals surface area contributed by atoms with Gasteiger partial charge in [-0.05, 0) is 50.4 Å². The predicted molar refractivity (Wildman–Crippen MR) is 75.4 cm³/mol. The average molecular weight is 281 g/mol. The van der Waals surface area contributed by atoms with Gasteiger partial charge in [0.1, 0.15) is 17.4 Å². The monoisotopic (exact) mass is 281 g/mol. The zero-order valence-corrected chi connectivity index (χ0v) is 12.0. The SMILES string of the molecule is CCCNC(C1=CCCCO1)c1c(F)ccc(C)c1F. The van der Waals surface area contributed by atoms with Crippen LogP contribution in [0.2, 0.25) is 0 Å². The molecular weight excluding hydrogens is 260 g/mol. The number of hydrogen-bond donors (Lipinski definition) is 1. The summed E-state index contributed by atoms with van der Waals surface area (Å²) < 4.78 is 34.0. The van der Waals surface area contributed by atoms with Crippen molar-refractivity contribution in [3.05, 3.63) is 46.7 Å². The number of benzene rings is 1. The van der Waals surface area contributed by atoms with Crippen LogP contribution in [0, 0.1) is 18.6 Å². The Morgan fingerprint density at radius 2 is 2.15 bits per heavy atom. The Morgan fingerprint density at radius 1 is 1.35 bits per heavy atom. The standard InChI is InChI=1S/C16H21F2NO/c1-3-9-19-16(13-6-4-5-10-20-13)14-12(17)8-7-11(2)15(14)18/h6-8,16,19H,3-5,9-10H2,1-2H3. The molecule has 20 heavy (non-hydrogen) atoms. The zero-order valence-electron chi connectivity index (χ0n) is 12.0. The van der Waals surface area contributed by atoms with Crippen molar-refractivity contribution in [1.82, 2.24) is 5.32 Å². The van der Waals surface area contributed by atoms with Crippen LogP contribution in [0.4, 0.5) is 8.78 Å². The Morgan fingerprint density at radius 3 is 2.80 bits per heavy atom. The van der Waals surface area contributed by atoms with Gasteiger partial charge in [0, 0.05) is 5.56 Å². The summed E-state index contributed by atoms with van der Waals surface area (Å²) in [5.74, 6) is -0.390. The molecular formula is C16H21F2NO. The Kier molecular flexibility index (Phi) is 5.12. The molecule has 0 saturated heterocycles. The fourth-order valence-electron chi connectivity index (χ4n) is 2.35. The third-order valence-corrected chi connectivity index (χ3v) is 3.45. The highest BCUT2D eigenvalue weighted by Gasteiger charge is 2.26. The molecule has 0 amide bonds. The summed E-state index contributed by atoms with van der Waals surface area (Å²) in [4.78, 5) is 0. The van der Waals surface area contributed by atoms with Gasteiger partial charge in [0.25, 0.3) is 0 Å². The largest absolute Gasteiger partial charge is 0.496 e. The van der Waals surface area contributed by atoms with Gasteiger partial charge in [-0.2, -0.15) is 0 Å². The molecule has 1 N–H and O–H groups in total. The van der Waals surface area contributed by atoms with E-state index in [2.05, 4.69) is 5.32 Å². The van der Waals surface area contributed by atoms with Crippen molar-refractivity contribution in [2.24, 2.45) is 0 Å². The van der Waals surface area contributed by atoms with Crippen molar-refractivity contribution in [2.45, 2.75) is 39.2 Å². The Labute approximate surface area is 118 Å². The van der Waals surface area contributed by atoms with Gasteiger partial charge in [-0.15, -0.1) is 0 Å². The molecule has 1 aliphatic rings. The van der Waals surface area contributed by atoms with Crippen LogP contribution in [0.1, 0.15) is 43.4 Å². The second-order valence-corrected chi connectivity index (χ2v) is 5.08. The van der Waals surface area contributed by atoms with Gasteiger partial charge < -0.3 is 10.1 Å². The van der Waals surface area contributed by atoms with Crippen molar-refractivity contribution in [3.8, 4) is 0 Å². The lowest BCUT2D eigenvalue weighted by atomic mass is 9.99. The van der Waals surface area contributed by atoms with Gasteiger partial charge in [-0.25, -0.2) is 8.78 Å². The molecule has 0 aliphatic carbocycles. The molecule has 1 atom stereocenters. The summed E-state index contributed by atoms with van der Waals surface area (Å²) >= 11 is 0. The lowest BCUT2D eigenvalue weighted by molar-refractivity contribution is 0.165. The van der Waals surface area contributed by atoms with E-state index >= 15 is 0 Å². The number of nitrogens with one attached hydrogen (secondary N) is 1. The molecule has 0 fully saturated rings. The van der Waals surface area contributed by atoms with E-state index in [1.54, 1.807) is 6.92 Å². The number of rotatable bonds is 5. The third kappa shape index (κ3) is 3.18. The predicted octanol–water partition coefficient (Wildman–Crippen LogP) is 4.01. The first kappa shape index (κ1) is 15.0. The van der Waals surface area contributed by atoms with Crippen molar-refractivity contribution in [3.63, 3.8) is 0 Å². The number of halogens is 2. The molecule has 2 rings (SSSR count). The molecule has 4 heteroatoms. The van der Waals surface area contributed by atoms with E-state index in [1.807, 2.05) is 13.0 Å². The first-order valence-corrected chi connectivity index (χ1v) is 7.16. The third-order valence-electron chi connectivity index (χ3n) is 3.45. The second-order valence-electron chi connectivity index (χ2n) is 5.08. The van der Waals surface area contributed by atoms with Crippen LogP contribution in [-0.4, -0.2) is 13.2 Å². The van der Waals surface area contributed by atoms with Gasteiger partial charge in [0.15, 0.2) is 0 Å². The highest BCUT2D eigenvalue weighted by atomic mass is 19.1. The Hall–Kier alpha value is -1.42. The Bertz CT molecular complexity index is 499. The first-order valence-electron chi connectivity index (χ1n) is 7.16. The lowest BCUT2D eigenvalue weighted by Crippen LogP contribution is -2.28. The summed E-state index contributed by atoms with van der Waals surface area (Å²) in [5.41, 5.74) is 0.507. The van der Waals surface area contributed by atoms with Crippen LogP contribution < -0.4 is 5.32 Å². The maximum Gasteiger partial charge on any atom is 0.134 e. The topological polar surface area (TPSA) is 21.3 Å². The fraction of sp³-hybridized carbons (Fsp3) is 0.500. The van der Waals surface area contributed by atoms with E-state index in [0.717, 1.165) is 19.3 Å². The van der Waals surface area contributed by atoms with E-state index < -0.39 is 17.7 Å². The number of ether oxygens (including phenoxy) is 1. The van der Waals surface area contributed by atoms with Crippen LogP contribution in [0.15, 0.2) is 24.0 Å². The molecule has 1 aliphatic heterocycles. The summed E-state index contributed by atoms with van der Waals surface area (Å²) in [7, 11) is 0. The van der Waals surface area contributed by atoms with Crippen LogP contribution in [0.5, 0.6) is 0 Å². The maximum atomic E-state index is 14.3. The van der Waals surface area contributed by atoms with Gasteiger partial charge in [-0.3, -0.25) is 0 Å². The summed E-state index contributed by atoms with van der Waals surface area (Å²) in [6.07, 6.45) is 4.65.